The third kappa shape index (κ3) is 4.90. The minimum absolute atomic E-state index is 0.111. The first-order chi connectivity index (χ1) is 13.5. The van der Waals surface area contributed by atoms with Crippen LogP contribution in [0.25, 0.3) is 0 Å². The zero-order chi connectivity index (χ0) is 20.1. The van der Waals surface area contributed by atoms with Gasteiger partial charge in [0.15, 0.2) is 0 Å². The van der Waals surface area contributed by atoms with Crippen LogP contribution in [-0.4, -0.2) is 24.5 Å². The van der Waals surface area contributed by atoms with Gasteiger partial charge in [0, 0.05) is 0 Å². The van der Waals surface area contributed by atoms with Gasteiger partial charge in [-0.15, -0.1) is 0 Å². The molecule has 1 N–H and O–H groups in total. The SMILES string of the molecule is CCc1c([Se]c2cc(C)cc(C)c2)n(COCc2ccccc2)c(=O)[nH]c1=O. The molecule has 0 atom stereocenters. The summed E-state index contributed by atoms with van der Waals surface area (Å²) in [5.41, 5.74) is 3.33. The zero-order valence-electron chi connectivity index (χ0n) is 16.3. The molecule has 3 rings (SSSR count). The second kappa shape index (κ2) is 9.20. The van der Waals surface area contributed by atoms with Gasteiger partial charge in [0.1, 0.15) is 0 Å². The van der Waals surface area contributed by atoms with Crippen molar-refractivity contribution >= 4 is 24.0 Å². The van der Waals surface area contributed by atoms with Gasteiger partial charge in [-0.2, -0.15) is 0 Å². The predicted octanol–water partition coefficient (Wildman–Crippen LogP) is 1.55. The van der Waals surface area contributed by atoms with Crippen LogP contribution in [0.4, 0.5) is 0 Å². The Kier molecular flexibility index (Phi) is 6.68. The fraction of sp³-hybridized carbons (Fsp3) is 0.273. The van der Waals surface area contributed by atoms with Gasteiger partial charge in [-0.1, -0.05) is 0 Å². The van der Waals surface area contributed by atoms with Gasteiger partial charge in [0.05, 0.1) is 0 Å². The molecule has 2 aromatic carbocycles. The van der Waals surface area contributed by atoms with Crippen molar-refractivity contribution in [2.45, 2.75) is 40.5 Å². The quantitative estimate of drug-likeness (QED) is 0.564. The zero-order valence-corrected chi connectivity index (χ0v) is 18.0. The van der Waals surface area contributed by atoms with Crippen LogP contribution in [0.3, 0.4) is 0 Å². The summed E-state index contributed by atoms with van der Waals surface area (Å²) in [5.74, 6) is 0. The third-order valence-corrected chi connectivity index (χ3v) is 6.71. The molecule has 0 amide bonds. The maximum atomic E-state index is 12.5. The van der Waals surface area contributed by atoms with Crippen LogP contribution < -0.4 is 20.3 Å². The van der Waals surface area contributed by atoms with Crippen molar-refractivity contribution in [3.63, 3.8) is 0 Å². The molecule has 0 fully saturated rings. The molecule has 0 aliphatic heterocycles. The summed E-state index contributed by atoms with van der Waals surface area (Å²) in [6.45, 7) is 6.57. The molecule has 0 aliphatic carbocycles. The van der Waals surface area contributed by atoms with Gasteiger partial charge < -0.3 is 0 Å². The summed E-state index contributed by atoms with van der Waals surface area (Å²) in [4.78, 5) is 27.3. The number of aromatic amines is 1. The number of ether oxygens (including phenoxy) is 1. The van der Waals surface area contributed by atoms with Crippen LogP contribution in [0.1, 0.15) is 29.2 Å². The van der Waals surface area contributed by atoms with Crippen LogP contribution >= 0.6 is 0 Å². The van der Waals surface area contributed by atoms with E-state index in [0.717, 1.165) is 14.6 Å². The molecule has 146 valence electrons. The van der Waals surface area contributed by atoms with E-state index in [0.29, 0.717) is 18.6 Å². The molecule has 1 aromatic heterocycles. The van der Waals surface area contributed by atoms with E-state index in [1.165, 1.54) is 11.1 Å². The normalized spacial score (nSPS) is 11.0. The average molecular weight is 443 g/mol. The number of aromatic nitrogens is 2. The van der Waals surface area contributed by atoms with Crippen LogP contribution in [0.2, 0.25) is 0 Å². The van der Waals surface area contributed by atoms with E-state index in [-0.39, 0.29) is 27.2 Å². The van der Waals surface area contributed by atoms with Crippen molar-refractivity contribution < 1.29 is 4.74 Å². The topological polar surface area (TPSA) is 64.1 Å². The van der Waals surface area contributed by atoms with Gasteiger partial charge >= 0.3 is 170 Å². The summed E-state index contributed by atoms with van der Waals surface area (Å²) >= 11 is -0.175. The first-order valence-electron chi connectivity index (χ1n) is 9.21. The molecule has 0 bridgehead atoms. The molecule has 6 heteroatoms. The standard InChI is InChI=1S/C22H24N2O3Se/c1-4-19-20(25)23-22(26)24(14-27-13-17-8-6-5-7-9-17)21(19)28-18-11-15(2)10-16(3)12-18/h5-12H,4,13-14H2,1-3H3,(H,23,25,26). The Morgan fingerprint density at radius 3 is 2.36 bits per heavy atom. The molecule has 0 aliphatic rings. The number of hydrogen-bond donors (Lipinski definition) is 1. The van der Waals surface area contributed by atoms with Crippen LogP contribution in [-0.2, 0) is 24.5 Å². The predicted molar refractivity (Wildman–Crippen MR) is 113 cm³/mol. The molecule has 3 aromatic rings. The molecule has 1 heterocycles. The van der Waals surface area contributed by atoms with Crippen molar-refractivity contribution in [2.24, 2.45) is 0 Å². The molecule has 0 saturated heterocycles. The molecule has 0 saturated carbocycles. The van der Waals surface area contributed by atoms with Crippen LogP contribution in [0.5, 0.6) is 0 Å². The van der Waals surface area contributed by atoms with Gasteiger partial charge in [0.2, 0.25) is 0 Å². The van der Waals surface area contributed by atoms with Crippen molar-refractivity contribution in [1.82, 2.24) is 9.55 Å². The number of benzene rings is 2. The van der Waals surface area contributed by atoms with Crippen molar-refractivity contribution in [3.8, 4) is 0 Å². The van der Waals surface area contributed by atoms with E-state index >= 15 is 0 Å². The van der Waals surface area contributed by atoms with Crippen molar-refractivity contribution in [1.29, 1.82) is 0 Å². The Labute approximate surface area is 170 Å². The Morgan fingerprint density at radius 1 is 1.04 bits per heavy atom. The fourth-order valence-corrected chi connectivity index (χ4v) is 5.84. The van der Waals surface area contributed by atoms with Crippen LogP contribution in [0, 0.1) is 13.8 Å². The molecule has 28 heavy (non-hydrogen) atoms. The van der Waals surface area contributed by atoms with E-state index in [4.69, 9.17) is 4.74 Å². The summed E-state index contributed by atoms with van der Waals surface area (Å²) in [6, 6.07) is 16.2. The van der Waals surface area contributed by atoms with E-state index in [9.17, 15) is 9.59 Å². The minimum atomic E-state index is -0.420. The van der Waals surface area contributed by atoms with Crippen LogP contribution in [0.15, 0.2) is 58.1 Å². The van der Waals surface area contributed by atoms with Crippen molar-refractivity contribution in [2.75, 3.05) is 0 Å². The van der Waals surface area contributed by atoms with E-state index < -0.39 is 5.69 Å². The third-order valence-electron chi connectivity index (χ3n) is 4.34. The number of hydrogen-bond acceptors (Lipinski definition) is 3. The van der Waals surface area contributed by atoms with Crippen molar-refractivity contribution in [3.05, 3.63) is 91.6 Å². The summed E-state index contributed by atoms with van der Waals surface area (Å²) < 4.78 is 9.29. The average Bonchev–Trinajstić information content (AvgIpc) is 2.64. The monoisotopic (exact) mass is 444 g/mol. The molecular formula is C22H24N2O3Se. The van der Waals surface area contributed by atoms with Gasteiger partial charge in [-0.25, -0.2) is 0 Å². The fourth-order valence-electron chi connectivity index (χ4n) is 3.07. The number of H-pyrrole nitrogens is 1. The summed E-state index contributed by atoms with van der Waals surface area (Å²) in [6.07, 6.45) is 0.566. The van der Waals surface area contributed by atoms with Gasteiger partial charge in [-0.3, -0.25) is 0 Å². The second-order valence-electron chi connectivity index (χ2n) is 6.71. The Bertz CT molecular complexity index is 1050. The molecule has 0 radical (unpaired) electrons. The van der Waals surface area contributed by atoms with E-state index in [1.807, 2.05) is 37.3 Å². The molecule has 0 unspecified atom stereocenters. The summed E-state index contributed by atoms with van der Waals surface area (Å²) in [7, 11) is 0. The maximum absolute atomic E-state index is 12.5. The number of rotatable bonds is 7. The van der Waals surface area contributed by atoms with E-state index in [1.54, 1.807) is 4.57 Å². The Balaban J connectivity index is 1.94. The summed E-state index contributed by atoms with van der Waals surface area (Å²) in [5, 5.41) is 0. The molecular weight excluding hydrogens is 419 g/mol. The Hall–Kier alpha value is -2.40. The van der Waals surface area contributed by atoms with E-state index in [2.05, 4.69) is 37.0 Å². The van der Waals surface area contributed by atoms with Gasteiger partial charge in [0.25, 0.3) is 0 Å². The Morgan fingerprint density at radius 2 is 1.71 bits per heavy atom. The number of aryl methyl sites for hydroxylation is 2. The number of nitrogens with one attached hydrogen (secondary N) is 1. The second-order valence-corrected chi connectivity index (χ2v) is 8.94. The molecule has 0 spiro atoms. The first-order valence-corrected chi connectivity index (χ1v) is 10.9. The van der Waals surface area contributed by atoms with Gasteiger partial charge in [-0.05, 0) is 0 Å². The molecule has 5 nitrogen and oxygen atoms in total. The number of nitrogens with zero attached hydrogens (tertiary/aromatic N) is 1. The first kappa shape index (κ1) is 20.3.